The summed E-state index contributed by atoms with van der Waals surface area (Å²) in [6.45, 7) is 45.1. The molecule has 1 N–H and O–H groups in total. The first kappa shape index (κ1) is 76.2. The summed E-state index contributed by atoms with van der Waals surface area (Å²) in [5.41, 5.74) is 2.61. The van der Waals surface area contributed by atoms with Gasteiger partial charge in [0.05, 0.1) is 90.3 Å². The summed E-state index contributed by atoms with van der Waals surface area (Å²) in [6.07, 6.45) is -4.38. The highest BCUT2D eigenvalue weighted by Gasteiger charge is 2.60. The normalized spacial score (nSPS) is 24.2. The first-order valence-electron chi connectivity index (χ1n) is 32.8. The van der Waals surface area contributed by atoms with Crippen LogP contribution < -0.4 is 14.2 Å². The Morgan fingerprint density at radius 3 is 1.61 bits per heavy atom. The minimum Gasteiger partial charge on any atom is -0.497 e. The van der Waals surface area contributed by atoms with E-state index in [0.717, 1.165) is 52.1 Å². The molecule has 0 bridgehead atoms. The average molecular weight is 1300 g/mol. The van der Waals surface area contributed by atoms with Crippen molar-refractivity contribution in [2.45, 2.75) is 264 Å². The molecular formula is C71H118O15Si3. The molecule has 2 aliphatic rings. The lowest BCUT2D eigenvalue weighted by atomic mass is 9.77. The van der Waals surface area contributed by atoms with E-state index in [1.807, 2.05) is 93.6 Å². The number of carbonyl (C=O) groups is 1. The predicted octanol–water partition coefficient (Wildman–Crippen LogP) is 15.8. The Labute approximate surface area is 540 Å². The van der Waals surface area contributed by atoms with E-state index in [1.54, 1.807) is 28.4 Å². The minimum atomic E-state index is -2.46. The van der Waals surface area contributed by atoms with Crippen molar-refractivity contribution in [3.63, 3.8) is 0 Å². The summed E-state index contributed by atoms with van der Waals surface area (Å²) >= 11 is 0. The minimum absolute atomic E-state index is 0.0732. The van der Waals surface area contributed by atoms with Crippen molar-refractivity contribution in [2.24, 2.45) is 17.3 Å². The molecule has 504 valence electrons. The van der Waals surface area contributed by atoms with Crippen LogP contribution >= 0.6 is 0 Å². The second-order valence-corrected chi connectivity index (χ2v) is 43.4. The average Bonchev–Trinajstić information content (AvgIpc) is 0.843. The van der Waals surface area contributed by atoms with Gasteiger partial charge < -0.3 is 65.8 Å². The summed E-state index contributed by atoms with van der Waals surface area (Å²) in [6, 6.07) is 26.4. The van der Waals surface area contributed by atoms with Crippen LogP contribution in [0.1, 0.15) is 146 Å². The van der Waals surface area contributed by atoms with Gasteiger partial charge in [0.25, 0.3) is 0 Å². The maximum absolute atomic E-state index is 13.5. The largest absolute Gasteiger partial charge is 0.497 e. The summed E-state index contributed by atoms with van der Waals surface area (Å²) < 4.78 is 88.6. The van der Waals surface area contributed by atoms with Gasteiger partial charge in [0.1, 0.15) is 41.7 Å². The molecule has 89 heavy (non-hydrogen) atoms. The zero-order valence-corrected chi connectivity index (χ0v) is 61.8. The summed E-state index contributed by atoms with van der Waals surface area (Å²) in [7, 11) is -0.304. The number of unbranched alkanes of at least 4 members (excludes halogenated alkanes) is 1. The first-order chi connectivity index (χ1) is 41.7. The van der Waals surface area contributed by atoms with Gasteiger partial charge in [0, 0.05) is 25.4 Å². The standard InChI is InChI=1S/C71H118O15Si3/c1-24-89(25-2,26-3)82-48-58(85-87(20,21)69(10,11)12)43-49(4)61(72)64-65(80-46-53-32-38-56(75-17)39-33-53)62(79-45-52-30-36-55(74-16)37-31-52)51(6)63(83-64)66(81-47-54-34-40-57(76-18)41-35-54)71(77-19)44-60(86-88(22,23)70(13,14)15)50(5)59(84-71)29-27-28-42-78-67(73)68(7,8)9/h30-41,50-51,58-66,72H,4,24-29,42-48H2,1-3,5-23H3/t50-,51+,58-,59+,60-,61-,62+,63+,64+,65-,66-,71+/m0/s1. The van der Waals surface area contributed by atoms with Gasteiger partial charge in [-0.05, 0) is 160 Å². The Balaban J connectivity index is 1.74. The van der Waals surface area contributed by atoms with E-state index < -0.39 is 84.8 Å². The van der Waals surface area contributed by atoms with Gasteiger partial charge in [-0.1, -0.05) is 119 Å². The fourth-order valence-electron chi connectivity index (χ4n) is 11.4. The number of esters is 1. The molecule has 2 fully saturated rings. The number of methoxy groups -OCH3 is 4. The highest BCUT2D eigenvalue weighted by molar-refractivity contribution is 6.75. The second-order valence-electron chi connectivity index (χ2n) is 29.1. The van der Waals surface area contributed by atoms with Crippen LogP contribution in [0.5, 0.6) is 17.2 Å². The highest BCUT2D eigenvalue weighted by Crippen LogP contribution is 2.49. The van der Waals surface area contributed by atoms with Crippen LogP contribution in [0.25, 0.3) is 0 Å². The molecule has 0 aromatic heterocycles. The van der Waals surface area contributed by atoms with Crippen LogP contribution in [0.3, 0.4) is 0 Å². The third kappa shape index (κ3) is 20.5. The summed E-state index contributed by atoms with van der Waals surface area (Å²) in [5.74, 6) is -0.138. The molecule has 0 aliphatic carbocycles. The molecule has 2 heterocycles. The smallest absolute Gasteiger partial charge is 0.311 e. The van der Waals surface area contributed by atoms with Crippen molar-refractivity contribution < 1.29 is 70.5 Å². The van der Waals surface area contributed by atoms with Crippen molar-refractivity contribution in [1.29, 1.82) is 0 Å². The van der Waals surface area contributed by atoms with Gasteiger partial charge in [-0.25, -0.2) is 0 Å². The molecule has 3 aromatic rings. The van der Waals surface area contributed by atoms with Gasteiger partial charge >= 0.3 is 5.97 Å². The van der Waals surface area contributed by atoms with Crippen LogP contribution in [-0.2, 0) is 71.1 Å². The van der Waals surface area contributed by atoms with Crippen molar-refractivity contribution in [3.8, 4) is 17.2 Å². The molecule has 2 saturated heterocycles. The number of benzene rings is 3. The molecule has 2 aliphatic heterocycles. The van der Waals surface area contributed by atoms with Crippen LogP contribution in [0.2, 0.25) is 54.4 Å². The lowest BCUT2D eigenvalue weighted by Crippen LogP contribution is -2.68. The van der Waals surface area contributed by atoms with Crippen molar-refractivity contribution in [2.75, 3.05) is 41.7 Å². The number of aliphatic hydroxyl groups excluding tert-OH is 1. The molecule has 18 heteroatoms. The quantitative estimate of drug-likeness (QED) is 0.0260. The fraction of sp³-hybridized carbons (Fsp3) is 0.704. The first-order valence-corrected chi connectivity index (χ1v) is 41.2. The van der Waals surface area contributed by atoms with E-state index in [2.05, 4.69) is 102 Å². The number of aliphatic hydroxyl groups is 1. The second kappa shape index (κ2) is 33.1. The third-order valence-corrected chi connectivity index (χ3v) is 33.5. The molecule has 0 amide bonds. The molecule has 12 atom stereocenters. The number of hydrogen-bond donors (Lipinski definition) is 1. The molecule has 0 radical (unpaired) electrons. The van der Waals surface area contributed by atoms with E-state index in [9.17, 15) is 9.90 Å². The Morgan fingerprint density at radius 1 is 0.674 bits per heavy atom. The van der Waals surface area contributed by atoms with Crippen LogP contribution in [0, 0.1) is 17.3 Å². The molecule has 0 unspecified atom stereocenters. The third-order valence-electron chi connectivity index (χ3n) is 19.9. The van der Waals surface area contributed by atoms with E-state index in [0.29, 0.717) is 50.9 Å². The summed E-state index contributed by atoms with van der Waals surface area (Å²) in [5, 5.41) is 13.3. The van der Waals surface area contributed by atoms with Crippen molar-refractivity contribution >= 4 is 30.9 Å². The number of rotatable bonds is 34. The molecule has 5 rings (SSSR count). The van der Waals surface area contributed by atoms with E-state index in [-0.39, 0.29) is 54.0 Å². The Morgan fingerprint density at radius 2 is 1.16 bits per heavy atom. The SMILES string of the molecule is C=C(C[C@@H](CO[Si](CC)(CC)CC)O[Si](C)(C)C(C)(C)C)[C@H](O)[C@H]1O[C@@H]([C@H](OCc2ccc(OC)cc2)[C@@]2(OC)C[C@H](O[Si](C)(C)C(C)(C)C)[C@@H](C)[C@@H](CCCCOC(=O)C(C)(C)C)O2)[C@H](C)[C@@H](OCc2ccc(OC)cc2)[C@@H]1OCc1ccc(OC)cc1. The maximum Gasteiger partial charge on any atom is 0.311 e. The zero-order valence-electron chi connectivity index (χ0n) is 58.8. The molecule has 0 saturated carbocycles. The lowest BCUT2D eigenvalue weighted by molar-refractivity contribution is -0.370. The number of carbonyl (C=O) groups excluding carboxylic acids is 1. The number of hydrogen-bond acceptors (Lipinski definition) is 15. The maximum atomic E-state index is 13.5. The Kier molecular flexibility index (Phi) is 28.3. The molecule has 3 aromatic carbocycles. The van der Waals surface area contributed by atoms with Crippen LogP contribution in [-0.4, -0.2) is 138 Å². The molecule has 0 spiro atoms. The monoisotopic (exact) mass is 1290 g/mol. The van der Waals surface area contributed by atoms with Gasteiger partial charge in [-0.2, -0.15) is 0 Å². The predicted molar refractivity (Wildman–Crippen MR) is 362 cm³/mol. The molecule has 15 nitrogen and oxygen atoms in total. The Hall–Kier alpha value is -3.48. The van der Waals surface area contributed by atoms with E-state index >= 15 is 0 Å². The van der Waals surface area contributed by atoms with Gasteiger partial charge in [0.15, 0.2) is 30.7 Å². The van der Waals surface area contributed by atoms with E-state index in [4.69, 9.17) is 67.2 Å². The number of ether oxygens (including phenoxy) is 10. The van der Waals surface area contributed by atoms with Crippen molar-refractivity contribution in [3.05, 3.63) is 102 Å². The Bertz CT molecular complexity index is 2580. The molecular weight excluding hydrogens is 1180 g/mol. The van der Waals surface area contributed by atoms with E-state index in [1.165, 1.54) is 0 Å². The van der Waals surface area contributed by atoms with Gasteiger partial charge in [-0.3, -0.25) is 4.79 Å². The van der Waals surface area contributed by atoms with Gasteiger partial charge in [-0.15, -0.1) is 0 Å². The highest BCUT2D eigenvalue weighted by atomic mass is 28.4. The van der Waals surface area contributed by atoms with Crippen LogP contribution in [0.15, 0.2) is 84.9 Å². The van der Waals surface area contributed by atoms with Gasteiger partial charge in [0.2, 0.25) is 0 Å². The van der Waals surface area contributed by atoms with Crippen LogP contribution in [0.4, 0.5) is 0 Å². The fourth-order valence-corrected chi connectivity index (χ4v) is 16.8. The summed E-state index contributed by atoms with van der Waals surface area (Å²) in [4.78, 5) is 12.9. The van der Waals surface area contributed by atoms with Crippen molar-refractivity contribution in [1.82, 2.24) is 0 Å². The lowest BCUT2D eigenvalue weighted by Gasteiger charge is -2.56. The zero-order chi connectivity index (χ0) is 66.3. The topological polar surface area (TPSA) is 157 Å².